The maximum absolute atomic E-state index is 11.6. The van der Waals surface area contributed by atoms with E-state index in [1.54, 1.807) is 12.1 Å². The van der Waals surface area contributed by atoms with Crippen molar-refractivity contribution in [1.82, 2.24) is 9.97 Å². The van der Waals surface area contributed by atoms with Crippen LogP contribution in [0.2, 0.25) is 0 Å². The molecule has 0 unspecified atom stereocenters. The summed E-state index contributed by atoms with van der Waals surface area (Å²) in [4.78, 5) is 12.0. The van der Waals surface area contributed by atoms with E-state index in [-0.39, 0.29) is 0 Å². The third-order valence-electron chi connectivity index (χ3n) is 4.83. The Morgan fingerprint density at radius 3 is 2.27 bits per heavy atom. The van der Waals surface area contributed by atoms with Crippen molar-refractivity contribution in [2.45, 2.75) is 24.2 Å². The number of aromatic nitrogens is 2. The maximum Gasteiger partial charge on any atom is 0.175 e. The van der Waals surface area contributed by atoms with Crippen LogP contribution in [0.4, 0.5) is 5.82 Å². The minimum atomic E-state index is -3.18. The summed E-state index contributed by atoms with van der Waals surface area (Å²) in [5.41, 5.74) is 3.69. The summed E-state index contributed by atoms with van der Waals surface area (Å²) in [5.74, 6) is 0.932. The number of hydrogen-bond donors (Lipinski definition) is 0. The fourth-order valence-electron chi connectivity index (χ4n) is 3.35. The van der Waals surface area contributed by atoms with Gasteiger partial charge in [0.2, 0.25) is 0 Å². The number of piperidine rings is 1. The number of anilines is 1. The molecule has 26 heavy (non-hydrogen) atoms. The Kier molecular flexibility index (Phi) is 4.36. The molecule has 2 heterocycles. The van der Waals surface area contributed by atoms with Gasteiger partial charge in [-0.05, 0) is 54.7 Å². The predicted octanol–water partition coefficient (Wildman–Crippen LogP) is 3.69. The van der Waals surface area contributed by atoms with Crippen LogP contribution < -0.4 is 4.90 Å². The van der Waals surface area contributed by atoms with Crippen molar-refractivity contribution in [3.8, 4) is 11.1 Å². The van der Waals surface area contributed by atoms with Crippen LogP contribution in [0.15, 0.2) is 53.6 Å². The molecular weight excluding hydrogens is 346 g/mol. The molecule has 0 radical (unpaired) electrons. The molecule has 1 saturated heterocycles. The normalized spacial score (nSPS) is 15.3. The second-order valence-corrected chi connectivity index (χ2v) is 8.79. The lowest BCUT2D eigenvalue weighted by Crippen LogP contribution is -2.30. The fourth-order valence-corrected chi connectivity index (χ4v) is 3.98. The summed E-state index contributed by atoms with van der Waals surface area (Å²) >= 11 is 0. The van der Waals surface area contributed by atoms with Crippen LogP contribution in [0, 0.1) is 0 Å². The Morgan fingerprint density at radius 2 is 1.58 bits per heavy atom. The molecule has 0 aliphatic carbocycles. The van der Waals surface area contributed by atoms with Gasteiger partial charge in [0.25, 0.3) is 0 Å². The molecule has 1 fully saturated rings. The Hall–Kier alpha value is -2.47. The molecule has 5 nitrogen and oxygen atoms in total. The van der Waals surface area contributed by atoms with Crippen molar-refractivity contribution in [2.24, 2.45) is 0 Å². The molecule has 6 heteroatoms. The highest BCUT2D eigenvalue weighted by molar-refractivity contribution is 7.90. The van der Waals surface area contributed by atoms with Gasteiger partial charge in [0.05, 0.1) is 22.1 Å². The third-order valence-corrected chi connectivity index (χ3v) is 5.95. The van der Waals surface area contributed by atoms with Gasteiger partial charge < -0.3 is 4.90 Å². The second-order valence-electron chi connectivity index (χ2n) is 6.78. The lowest BCUT2D eigenvalue weighted by atomic mass is 10.1. The summed E-state index contributed by atoms with van der Waals surface area (Å²) in [6.45, 7) is 2.07. The first-order chi connectivity index (χ1) is 12.5. The Morgan fingerprint density at radius 1 is 0.885 bits per heavy atom. The molecule has 0 amide bonds. The summed E-state index contributed by atoms with van der Waals surface area (Å²) in [5, 5.41) is 0. The van der Waals surface area contributed by atoms with E-state index >= 15 is 0 Å². The minimum Gasteiger partial charge on any atom is -0.355 e. The van der Waals surface area contributed by atoms with E-state index in [0.29, 0.717) is 4.90 Å². The highest BCUT2D eigenvalue weighted by Gasteiger charge is 2.13. The van der Waals surface area contributed by atoms with Crippen LogP contribution >= 0.6 is 0 Å². The number of rotatable bonds is 3. The largest absolute Gasteiger partial charge is 0.355 e. The minimum absolute atomic E-state index is 0.328. The highest BCUT2D eigenvalue weighted by Crippen LogP contribution is 2.26. The van der Waals surface area contributed by atoms with Gasteiger partial charge in [-0.3, -0.25) is 4.98 Å². The van der Waals surface area contributed by atoms with Crippen LogP contribution in [0.1, 0.15) is 19.3 Å². The molecule has 4 rings (SSSR count). The molecule has 1 aliphatic rings. The van der Waals surface area contributed by atoms with Crippen LogP contribution in [0.3, 0.4) is 0 Å². The molecule has 134 valence electrons. The number of benzene rings is 2. The SMILES string of the molecule is CS(=O)(=O)c1ccc(-c2ccc3ncc(N4CCCCC4)nc3c2)cc1. The van der Waals surface area contributed by atoms with E-state index in [2.05, 4.69) is 9.88 Å². The molecule has 0 bridgehead atoms. The van der Waals surface area contributed by atoms with Gasteiger partial charge >= 0.3 is 0 Å². The first-order valence-electron chi connectivity index (χ1n) is 8.83. The first-order valence-corrected chi connectivity index (χ1v) is 10.7. The lowest BCUT2D eigenvalue weighted by Gasteiger charge is -2.27. The third kappa shape index (κ3) is 3.42. The van der Waals surface area contributed by atoms with E-state index < -0.39 is 9.84 Å². The predicted molar refractivity (Wildman–Crippen MR) is 104 cm³/mol. The van der Waals surface area contributed by atoms with E-state index in [1.165, 1.54) is 25.5 Å². The van der Waals surface area contributed by atoms with Crippen LogP contribution in [-0.4, -0.2) is 37.7 Å². The standard InChI is InChI=1S/C20H21N3O2S/c1-26(24,25)17-8-5-15(6-9-17)16-7-10-18-19(13-16)22-20(14-21-18)23-11-3-2-4-12-23/h5-10,13-14H,2-4,11-12H2,1H3. The zero-order chi connectivity index (χ0) is 18.1. The topological polar surface area (TPSA) is 63.2 Å². The van der Waals surface area contributed by atoms with Gasteiger partial charge in [-0.15, -0.1) is 0 Å². The van der Waals surface area contributed by atoms with Gasteiger partial charge in [-0.25, -0.2) is 13.4 Å². The average Bonchev–Trinajstić information content (AvgIpc) is 2.67. The van der Waals surface area contributed by atoms with E-state index in [1.807, 2.05) is 36.5 Å². The number of hydrogen-bond acceptors (Lipinski definition) is 5. The van der Waals surface area contributed by atoms with Gasteiger partial charge in [0.15, 0.2) is 9.84 Å². The molecule has 3 aromatic rings. The average molecular weight is 367 g/mol. The first kappa shape index (κ1) is 17.0. The van der Waals surface area contributed by atoms with Gasteiger partial charge in [0, 0.05) is 19.3 Å². The fraction of sp³-hybridized carbons (Fsp3) is 0.300. The summed E-state index contributed by atoms with van der Waals surface area (Å²) in [6, 6.07) is 12.9. The molecule has 0 saturated carbocycles. The zero-order valence-electron chi connectivity index (χ0n) is 14.7. The van der Waals surface area contributed by atoms with Crippen LogP contribution in [0.25, 0.3) is 22.2 Å². The van der Waals surface area contributed by atoms with Crippen molar-refractivity contribution in [2.75, 3.05) is 24.2 Å². The maximum atomic E-state index is 11.6. The van der Waals surface area contributed by atoms with Crippen LogP contribution in [0.5, 0.6) is 0 Å². The van der Waals surface area contributed by atoms with E-state index in [9.17, 15) is 8.42 Å². The van der Waals surface area contributed by atoms with Crippen molar-refractivity contribution in [3.63, 3.8) is 0 Å². The number of fused-ring (bicyclic) bond motifs is 1. The molecule has 2 aromatic carbocycles. The molecular formula is C20H21N3O2S. The number of nitrogens with zero attached hydrogens (tertiary/aromatic N) is 3. The highest BCUT2D eigenvalue weighted by atomic mass is 32.2. The Balaban J connectivity index is 1.69. The second kappa shape index (κ2) is 6.68. The summed E-state index contributed by atoms with van der Waals surface area (Å²) in [7, 11) is -3.18. The summed E-state index contributed by atoms with van der Waals surface area (Å²) in [6.07, 6.45) is 6.76. The van der Waals surface area contributed by atoms with E-state index in [4.69, 9.17) is 4.98 Å². The monoisotopic (exact) mass is 367 g/mol. The van der Waals surface area contributed by atoms with Gasteiger partial charge in [-0.1, -0.05) is 18.2 Å². The van der Waals surface area contributed by atoms with Crippen molar-refractivity contribution >= 4 is 26.7 Å². The Bertz CT molecular complexity index is 1040. The van der Waals surface area contributed by atoms with Gasteiger partial charge in [-0.2, -0.15) is 0 Å². The molecule has 1 aliphatic heterocycles. The lowest BCUT2D eigenvalue weighted by molar-refractivity contribution is 0.573. The van der Waals surface area contributed by atoms with Crippen molar-refractivity contribution < 1.29 is 8.42 Å². The van der Waals surface area contributed by atoms with E-state index in [0.717, 1.165) is 41.1 Å². The summed E-state index contributed by atoms with van der Waals surface area (Å²) < 4.78 is 23.2. The molecule has 0 atom stereocenters. The van der Waals surface area contributed by atoms with Crippen molar-refractivity contribution in [3.05, 3.63) is 48.7 Å². The smallest absolute Gasteiger partial charge is 0.175 e. The number of sulfone groups is 1. The molecule has 0 N–H and O–H groups in total. The quantitative estimate of drug-likeness (QED) is 0.706. The molecule has 1 aromatic heterocycles. The molecule has 0 spiro atoms. The zero-order valence-corrected chi connectivity index (χ0v) is 15.5. The Labute approximate surface area is 153 Å². The van der Waals surface area contributed by atoms with Crippen molar-refractivity contribution in [1.29, 1.82) is 0 Å². The van der Waals surface area contributed by atoms with Crippen LogP contribution in [-0.2, 0) is 9.84 Å². The van der Waals surface area contributed by atoms with Gasteiger partial charge in [0.1, 0.15) is 5.82 Å².